The molecule has 2 atom stereocenters. The summed E-state index contributed by atoms with van der Waals surface area (Å²) in [6.07, 6.45) is 0. The first-order valence-corrected chi connectivity index (χ1v) is 5.73. The standard InChI is InChI=1S/C12H16F2N2O2/c1-17-11-5-8(13)7(4-9(11)14)12(15)10-6-18-3-2-16-10/h4-5,10,12,16H,2-3,6,15H2,1H3. The molecule has 1 aliphatic rings. The van der Waals surface area contributed by atoms with Crippen LogP contribution in [0.5, 0.6) is 5.75 Å². The van der Waals surface area contributed by atoms with Gasteiger partial charge < -0.3 is 20.5 Å². The number of morpholine rings is 1. The summed E-state index contributed by atoms with van der Waals surface area (Å²) < 4.78 is 37.4. The maximum Gasteiger partial charge on any atom is 0.165 e. The van der Waals surface area contributed by atoms with Gasteiger partial charge in [0.05, 0.1) is 26.4 Å². The second kappa shape index (κ2) is 5.60. The average Bonchev–Trinajstić information content (AvgIpc) is 2.41. The lowest BCUT2D eigenvalue weighted by Crippen LogP contribution is -2.47. The van der Waals surface area contributed by atoms with E-state index in [9.17, 15) is 8.78 Å². The van der Waals surface area contributed by atoms with Crippen LogP contribution in [-0.4, -0.2) is 32.9 Å². The van der Waals surface area contributed by atoms with Crippen molar-refractivity contribution >= 4 is 0 Å². The molecule has 0 aromatic heterocycles. The predicted octanol–water partition coefficient (Wildman–Crippen LogP) is 0.962. The zero-order valence-corrected chi connectivity index (χ0v) is 10.1. The fourth-order valence-electron chi connectivity index (χ4n) is 1.99. The summed E-state index contributed by atoms with van der Waals surface area (Å²) in [5.41, 5.74) is 6.06. The number of hydrogen-bond acceptors (Lipinski definition) is 4. The fourth-order valence-corrected chi connectivity index (χ4v) is 1.99. The monoisotopic (exact) mass is 258 g/mol. The van der Waals surface area contributed by atoms with Crippen LogP contribution in [0.25, 0.3) is 0 Å². The van der Waals surface area contributed by atoms with Crippen molar-refractivity contribution in [3.8, 4) is 5.75 Å². The molecular formula is C12H16F2N2O2. The molecule has 2 rings (SSSR count). The average molecular weight is 258 g/mol. The molecule has 0 amide bonds. The summed E-state index contributed by atoms with van der Waals surface area (Å²) >= 11 is 0. The molecule has 0 radical (unpaired) electrons. The number of rotatable bonds is 3. The Labute approximate surface area is 104 Å². The number of hydrogen-bond donors (Lipinski definition) is 2. The Morgan fingerprint density at radius 2 is 2.22 bits per heavy atom. The van der Waals surface area contributed by atoms with Crippen LogP contribution in [0.3, 0.4) is 0 Å². The Bertz CT molecular complexity index is 423. The number of nitrogens with two attached hydrogens (primary N) is 1. The van der Waals surface area contributed by atoms with E-state index >= 15 is 0 Å². The highest BCUT2D eigenvalue weighted by Crippen LogP contribution is 2.26. The zero-order valence-electron chi connectivity index (χ0n) is 10.1. The largest absolute Gasteiger partial charge is 0.494 e. The van der Waals surface area contributed by atoms with Crippen LogP contribution in [0.4, 0.5) is 8.78 Å². The SMILES string of the molecule is COc1cc(F)c(C(N)C2COCCN2)cc1F. The topological polar surface area (TPSA) is 56.5 Å². The molecule has 1 fully saturated rings. The lowest BCUT2D eigenvalue weighted by Gasteiger charge is -2.29. The van der Waals surface area contributed by atoms with Crippen LogP contribution in [0.15, 0.2) is 12.1 Å². The number of nitrogens with one attached hydrogen (secondary N) is 1. The van der Waals surface area contributed by atoms with Crippen molar-refractivity contribution in [2.75, 3.05) is 26.9 Å². The summed E-state index contributed by atoms with van der Waals surface area (Å²) in [5.74, 6) is -1.33. The molecule has 1 saturated heterocycles. The van der Waals surface area contributed by atoms with Gasteiger partial charge in [-0.15, -0.1) is 0 Å². The number of ether oxygens (including phenoxy) is 2. The van der Waals surface area contributed by atoms with Gasteiger partial charge in [0.25, 0.3) is 0 Å². The Balaban J connectivity index is 2.23. The molecular weight excluding hydrogens is 242 g/mol. The molecule has 4 nitrogen and oxygen atoms in total. The number of benzene rings is 1. The molecule has 0 bridgehead atoms. The van der Waals surface area contributed by atoms with Crippen molar-refractivity contribution in [3.05, 3.63) is 29.3 Å². The van der Waals surface area contributed by atoms with Crippen LogP contribution in [0.2, 0.25) is 0 Å². The second-order valence-electron chi connectivity index (χ2n) is 4.17. The minimum absolute atomic E-state index is 0.122. The van der Waals surface area contributed by atoms with E-state index in [4.69, 9.17) is 15.2 Å². The van der Waals surface area contributed by atoms with Crippen LogP contribution in [-0.2, 0) is 4.74 Å². The molecule has 2 unspecified atom stereocenters. The van der Waals surface area contributed by atoms with E-state index in [-0.39, 0.29) is 17.4 Å². The van der Waals surface area contributed by atoms with E-state index in [1.54, 1.807) is 0 Å². The van der Waals surface area contributed by atoms with E-state index < -0.39 is 17.7 Å². The first-order chi connectivity index (χ1) is 8.63. The highest BCUT2D eigenvalue weighted by molar-refractivity contribution is 5.33. The van der Waals surface area contributed by atoms with Crippen LogP contribution in [0, 0.1) is 11.6 Å². The molecule has 18 heavy (non-hydrogen) atoms. The third-order valence-electron chi connectivity index (χ3n) is 3.01. The van der Waals surface area contributed by atoms with E-state index in [1.807, 2.05) is 0 Å². The predicted molar refractivity (Wildman–Crippen MR) is 62.4 cm³/mol. The van der Waals surface area contributed by atoms with Crippen LogP contribution in [0.1, 0.15) is 11.6 Å². The first kappa shape index (κ1) is 13.2. The normalized spacial score (nSPS) is 21.7. The van der Waals surface area contributed by atoms with Gasteiger partial charge >= 0.3 is 0 Å². The minimum atomic E-state index is -0.661. The maximum absolute atomic E-state index is 13.8. The molecule has 3 N–H and O–H groups in total. The Morgan fingerprint density at radius 1 is 1.44 bits per heavy atom. The Morgan fingerprint density at radius 3 is 2.83 bits per heavy atom. The second-order valence-corrected chi connectivity index (χ2v) is 4.17. The molecule has 100 valence electrons. The summed E-state index contributed by atoms with van der Waals surface area (Å²) in [7, 11) is 1.29. The lowest BCUT2D eigenvalue weighted by atomic mass is 9.99. The molecule has 0 spiro atoms. The smallest absolute Gasteiger partial charge is 0.165 e. The highest BCUT2D eigenvalue weighted by Gasteiger charge is 2.25. The van der Waals surface area contributed by atoms with Gasteiger partial charge in [0.1, 0.15) is 5.82 Å². The molecule has 1 aromatic carbocycles. The number of methoxy groups -OCH3 is 1. The van der Waals surface area contributed by atoms with Crippen molar-refractivity contribution in [3.63, 3.8) is 0 Å². The van der Waals surface area contributed by atoms with Gasteiger partial charge in [-0.05, 0) is 6.07 Å². The maximum atomic E-state index is 13.8. The molecule has 0 aliphatic carbocycles. The van der Waals surface area contributed by atoms with Crippen molar-refractivity contribution in [1.82, 2.24) is 5.32 Å². The molecule has 6 heteroatoms. The van der Waals surface area contributed by atoms with E-state index in [0.717, 1.165) is 12.1 Å². The van der Waals surface area contributed by atoms with Gasteiger partial charge in [-0.3, -0.25) is 0 Å². The highest BCUT2D eigenvalue weighted by atomic mass is 19.1. The van der Waals surface area contributed by atoms with Crippen LogP contribution < -0.4 is 15.8 Å². The van der Waals surface area contributed by atoms with Gasteiger partial charge in [0.15, 0.2) is 11.6 Å². The van der Waals surface area contributed by atoms with Crippen molar-refractivity contribution in [2.24, 2.45) is 5.73 Å². The third-order valence-corrected chi connectivity index (χ3v) is 3.01. The molecule has 0 saturated carbocycles. The van der Waals surface area contributed by atoms with E-state index in [2.05, 4.69) is 5.32 Å². The molecule has 1 aromatic rings. The van der Waals surface area contributed by atoms with Gasteiger partial charge in [-0.25, -0.2) is 8.78 Å². The molecule has 1 aliphatic heterocycles. The summed E-state index contributed by atoms with van der Waals surface area (Å²) in [5, 5.41) is 3.12. The lowest BCUT2D eigenvalue weighted by molar-refractivity contribution is 0.0680. The van der Waals surface area contributed by atoms with Crippen molar-refractivity contribution < 1.29 is 18.3 Å². The Hall–Kier alpha value is -1.24. The van der Waals surface area contributed by atoms with E-state index in [1.165, 1.54) is 7.11 Å². The van der Waals surface area contributed by atoms with Gasteiger partial charge in [0, 0.05) is 24.2 Å². The van der Waals surface area contributed by atoms with Crippen molar-refractivity contribution in [1.29, 1.82) is 0 Å². The third kappa shape index (κ3) is 2.60. The van der Waals surface area contributed by atoms with Crippen molar-refractivity contribution in [2.45, 2.75) is 12.1 Å². The zero-order chi connectivity index (χ0) is 13.1. The number of halogens is 2. The molecule has 1 heterocycles. The first-order valence-electron chi connectivity index (χ1n) is 5.73. The van der Waals surface area contributed by atoms with Crippen LogP contribution >= 0.6 is 0 Å². The minimum Gasteiger partial charge on any atom is -0.494 e. The van der Waals surface area contributed by atoms with Gasteiger partial charge in [-0.2, -0.15) is 0 Å². The summed E-state index contributed by atoms with van der Waals surface area (Å²) in [4.78, 5) is 0. The fraction of sp³-hybridized carbons (Fsp3) is 0.500. The van der Waals surface area contributed by atoms with Gasteiger partial charge in [-0.1, -0.05) is 0 Å². The Kier molecular flexibility index (Phi) is 4.11. The quantitative estimate of drug-likeness (QED) is 0.848. The van der Waals surface area contributed by atoms with Gasteiger partial charge in [0.2, 0.25) is 0 Å². The van der Waals surface area contributed by atoms with E-state index in [0.29, 0.717) is 19.8 Å². The summed E-state index contributed by atoms with van der Waals surface area (Å²) in [6.45, 7) is 1.63. The summed E-state index contributed by atoms with van der Waals surface area (Å²) in [6, 6.07) is 1.20.